The predicted molar refractivity (Wildman–Crippen MR) is 63.5 cm³/mol. The van der Waals surface area contributed by atoms with Crippen molar-refractivity contribution in [3.63, 3.8) is 0 Å². The third kappa shape index (κ3) is 3.39. The second kappa shape index (κ2) is 5.31. The molecule has 1 aromatic carbocycles. The van der Waals surface area contributed by atoms with E-state index in [4.69, 9.17) is 16.3 Å². The van der Waals surface area contributed by atoms with Gasteiger partial charge in [-0.3, -0.25) is 0 Å². The van der Waals surface area contributed by atoms with Crippen LogP contribution < -0.4 is 5.32 Å². The van der Waals surface area contributed by atoms with Crippen LogP contribution in [0.25, 0.3) is 0 Å². The van der Waals surface area contributed by atoms with Gasteiger partial charge in [-0.2, -0.15) is 0 Å². The minimum absolute atomic E-state index is 0.346. The van der Waals surface area contributed by atoms with Crippen LogP contribution in [0.3, 0.4) is 0 Å². The van der Waals surface area contributed by atoms with Crippen LogP contribution in [0.15, 0.2) is 18.2 Å². The summed E-state index contributed by atoms with van der Waals surface area (Å²) in [4.78, 5) is 0. The lowest BCUT2D eigenvalue weighted by Gasteiger charge is -2.20. The third-order valence-corrected chi connectivity index (χ3v) is 3.22. The molecule has 1 saturated heterocycles. The molecule has 1 aliphatic rings. The Morgan fingerprint density at radius 3 is 3.00 bits per heavy atom. The lowest BCUT2D eigenvalue weighted by Crippen LogP contribution is -2.40. The van der Waals surface area contributed by atoms with E-state index in [1.54, 1.807) is 6.07 Å². The zero-order chi connectivity index (χ0) is 12.3. The van der Waals surface area contributed by atoms with Gasteiger partial charge in [0.15, 0.2) is 0 Å². The molecular weight excluding hydrogens is 245 g/mol. The summed E-state index contributed by atoms with van der Waals surface area (Å²) in [5.74, 6) is -0.346. The summed E-state index contributed by atoms with van der Waals surface area (Å²) in [6.07, 6.45) is 0.636. The molecule has 2 rings (SSSR count). The van der Waals surface area contributed by atoms with Crippen molar-refractivity contribution in [2.75, 3.05) is 19.8 Å². The van der Waals surface area contributed by atoms with E-state index in [1.165, 1.54) is 12.1 Å². The molecule has 1 heterocycles. The Morgan fingerprint density at radius 1 is 1.53 bits per heavy atom. The van der Waals surface area contributed by atoms with Crippen molar-refractivity contribution in [3.05, 3.63) is 34.6 Å². The van der Waals surface area contributed by atoms with Crippen LogP contribution in [0.2, 0.25) is 5.02 Å². The van der Waals surface area contributed by atoms with Crippen molar-refractivity contribution in [2.24, 2.45) is 0 Å². The highest BCUT2D eigenvalue weighted by Crippen LogP contribution is 2.19. The molecule has 0 aromatic heterocycles. The zero-order valence-electron chi connectivity index (χ0n) is 9.38. The van der Waals surface area contributed by atoms with E-state index in [1.807, 2.05) is 0 Å². The van der Waals surface area contributed by atoms with Gasteiger partial charge >= 0.3 is 0 Å². The van der Waals surface area contributed by atoms with Crippen LogP contribution in [-0.4, -0.2) is 30.5 Å². The molecule has 0 spiro atoms. The number of hydrogen-bond donors (Lipinski definition) is 2. The van der Waals surface area contributed by atoms with Crippen molar-refractivity contribution >= 4 is 11.6 Å². The topological polar surface area (TPSA) is 41.5 Å². The molecule has 1 atom stereocenters. The summed E-state index contributed by atoms with van der Waals surface area (Å²) < 4.78 is 18.0. The molecule has 0 radical (unpaired) electrons. The Labute approximate surface area is 105 Å². The van der Waals surface area contributed by atoms with Gasteiger partial charge in [-0.15, -0.1) is 0 Å². The maximum atomic E-state index is 12.8. The summed E-state index contributed by atoms with van der Waals surface area (Å²) in [7, 11) is 0. The molecule has 1 aromatic rings. The van der Waals surface area contributed by atoms with Gasteiger partial charge in [0.2, 0.25) is 0 Å². The second-order valence-electron chi connectivity index (χ2n) is 4.37. The van der Waals surface area contributed by atoms with E-state index in [0.717, 1.165) is 5.56 Å². The fraction of sp³-hybridized carbons (Fsp3) is 0.500. The Morgan fingerprint density at radius 2 is 2.35 bits per heavy atom. The first-order valence-electron chi connectivity index (χ1n) is 5.54. The molecule has 1 fully saturated rings. The standard InChI is InChI=1S/C12H15ClFNO2/c13-11-5-10(14)2-1-9(11)6-15-7-12(16)3-4-17-8-12/h1-2,5,15-16H,3-4,6-8H2. The summed E-state index contributed by atoms with van der Waals surface area (Å²) in [5, 5.41) is 13.5. The molecule has 0 amide bonds. The molecule has 94 valence electrons. The fourth-order valence-electron chi connectivity index (χ4n) is 1.83. The number of aliphatic hydroxyl groups is 1. The van der Waals surface area contributed by atoms with Gasteiger partial charge in [-0.1, -0.05) is 17.7 Å². The highest BCUT2D eigenvalue weighted by Gasteiger charge is 2.31. The van der Waals surface area contributed by atoms with Gasteiger partial charge < -0.3 is 15.2 Å². The predicted octanol–water partition coefficient (Wildman–Crippen LogP) is 1.72. The Kier molecular flexibility index (Phi) is 3.99. The fourth-order valence-corrected chi connectivity index (χ4v) is 2.06. The van der Waals surface area contributed by atoms with Gasteiger partial charge in [0.05, 0.1) is 6.61 Å². The van der Waals surface area contributed by atoms with Crippen molar-refractivity contribution in [1.29, 1.82) is 0 Å². The normalized spacial score (nSPS) is 24.2. The molecule has 0 bridgehead atoms. The van der Waals surface area contributed by atoms with E-state index >= 15 is 0 Å². The lowest BCUT2D eigenvalue weighted by molar-refractivity contribution is 0.0268. The number of rotatable bonds is 4. The molecule has 17 heavy (non-hydrogen) atoms. The molecule has 1 aliphatic heterocycles. The minimum Gasteiger partial charge on any atom is -0.386 e. The zero-order valence-corrected chi connectivity index (χ0v) is 10.1. The van der Waals surface area contributed by atoms with Crippen molar-refractivity contribution in [2.45, 2.75) is 18.6 Å². The largest absolute Gasteiger partial charge is 0.386 e. The van der Waals surface area contributed by atoms with E-state index in [-0.39, 0.29) is 5.82 Å². The first-order chi connectivity index (χ1) is 8.09. The number of nitrogens with one attached hydrogen (secondary N) is 1. The van der Waals surface area contributed by atoms with Gasteiger partial charge in [0, 0.05) is 31.1 Å². The van der Waals surface area contributed by atoms with Gasteiger partial charge in [-0.25, -0.2) is 4.39 Å². The molecule has 3 nitrogen and oxygen atoms in total. The molecule has 0 aliphatic carbocycles. The van der Waals surface area contributed by atoms with E-state index in [2.05, 4.69) is 5.32 Å². The molecule has 5 heteroatoms. The summed E-state index contributed by atoms with van der Waals surface area (Å²) >= 11 is 5.89. The van der Waals surface area contributed by atoms with E-state index in [9.17, 15) is 9.50 Å². The average molecular weight is 260 g/mol. The van der Waals surface area contributed by atoms with Crippen LogP contribution in [0.5, 0.6) is 0 Å². The Bertz CT molecular complexity index is 394. The molecule has 2 N–H and O–H groups in total. The van der Waals surface area contributed by atoms with Crippen molar-refractivity contribution < 1.29 is 14.2 Å². The van der Waals surface area contributed by atoms with Crippen molar-refractivity contribution in [1.82, 2.24) is 5.32 Å². The monoisotopic (exact) mass is 259 g/mol. The number of halogens is 2. The smallest absolute Gasteiger partial charge is 0.124 e. The van der Waals surface area contributed by atoms with Crippen LogP contribution in [0.1, 0.15) is 12.0 Å². The first-order valence-corrected chi connectivity index (χ1v) is 5.92. The summed E-state index contributed by atoms with van der Waals surface area (Å²) in [6.45, 7) is 1.90. The molecular formula is C12H15ClFNO2. The van der Waals surface area contributed by atoms with Crippen LogP contribution in [-0.2, 0) is 11.3 Å². The number of benzene rings is 1. The highest BCUT2D eigenvalue weighted by atomic mass is 35.5. The summed E-state index contributed by atoms with van der Waals surface area (Å²) in [6, 6.07) is 4.29. The van der Waals surface area contributed by atoms with Gasteiger partial charge in [0.1, 0.15) is 11.4 Å². The number of hydrogen-bond acceptors (Lipinski definition) is 3. The van der Waals surface area contributed by atoms with Gasteiger partial charge in [0.25, 0.3) is 0 Å². The van der Waals surface area contributed by atoms with Crippen LogP contribution in [0, 0.1) is 5.82 Å². The quantitative estimate of drug-likeness (QED) is 0.865. The first kappa shape index (κ1) is 12.8. The Balaban J connectivity index is 1.85. The lowest BCUT2D eigenvalue weighted by atomic mass is 10.0. The second-order valence-corrected chi connectivity index (χ2v) is 4.77. The van der Waals surface area contributed by atoms with Crippen LogP contribution in [0.4, 0.5) is 4.39 Å². The average Bonchev–Trinajstić information content (AvgIpc) is 2.69. The molecule has 1 unspecified atom stereocenters. The third-order valence-electron chi connectivity index (χ3n) is 2.87. The number of ether oxygens (including phenoxy) is 1. The highest BCUT2D eigenvalue weighted by molar-refractivity contribution is 6.31. The maximum Gasteiger partial charge on any atom is 0.124 e. The van der Waals surface area contributed by atoms with Crippen LogP contribution >= 0.6 is 11.6 Å². The van der Waals surface area contributed by atoms with E-state index < -0.39 is 5.60 Å². The Hall–Kier alpha value is -0.680. The molecule has 0 saturated carbocycles. The SMILES string of the molecule is OC1(CNCc2ccc(F)cc2Cl)CCOC1. The van der Waals surface area contributed by atoms with E-state index in [0.29, 0.717) is 37.7 Å². The van der Waals surface area contributed by atoms with Crippen molar-refractivity contribution in [3.8, 4) is 0 Å². The maximum absolute atomic E-state index is 12.8. The summed E-state index contributed by atoms with van der Waals surface area (Å²) in [5.41, 5.74) is 0.0301. The minimum atomic E-state index is -0.785. The van der Waals surface area contributed by atoms with Gasteiger partial charge in [-0.05, 0) is 17.7 Å².